The number of benzene rings is 1. The Morgan fingerprint density at radius 2 is 1.78 bits per heavy atom. The van der Waals surface area contributed by atoms with Crippen molar-refractivity contribution in [1.29, 1.82) is 0 Å². The second-order valence-electron chi connectivity index (χ2n) is 5.64. The van der Waals surface area contributed by atoms with Crippen molar-refractivity contribution in [2.45, 2.75) is 44.7 Å². The topological polar surface area (TPSA) is 15.3 Å². The second kappa shape index (κ2) is 5.22. The Balaban J connectivity index is 1.59. The van der Waals surface area contributed by atoms with E-state index in [-0.39, 0.29) is 0 Å². The summed E-state index contributed by atoms with van der Waals surface area (Å²) in [6, 6.07) is 8.28. The van der Waals surface area contributed by atoms with Crippen molar-refractivity contribution in [3.63, 3.8) is 0 Å². The van der Waals surface area contributed by atoms with Crippen LogP contribution in [0.2, 0.25) is 0 Å². The number of hydrogen-bond acceptors (Lipinski definition) is 2. The maximum absolute atomic E-state index is 3.75. The summed E-state index contributed by atoms with van der Waals surface area (Å²) in [6.45, 7) is 4.53. The Hall–Kier alpha value is -0.540. The Morgan fingerprint density at radius 3 is 2.39 bits per heavy atom. The lowest BCUT2D eigenvalue weighted by Crippen LogP contribution is -2.43. The highest BCUT2D eigenvalue weighted by Gasteiger charge is 2.27. The van der Waals surface area contributed by atoms with E-state index in [1.54, 1.807) is 0 Å². The fourth-order valence-corrected chi connectivity index (χ4v) is 2.96. The molecule has 0 bridgehead atoms. The molecule has 98 valence electrons. The van der Waals surface area contributed by atoms with Crippen LogP contribution in [-0.2, 0) is 0 Å². The Bertz CT molecular complexity index is 421. The van der Waals surface area contributed by atoms with E-state index >= 15 is 0 Å². The first-order chi connectivity index (χ1) is 8.72. The molecule has 0 unspecified atom stereocenters. The van der Waals surface area contributed by atoms with Crippen molar-refractivity contribution >= 4 is 21.6 Å². The number of nitrogens with zero attached hydrogens (tertiary/aromatic N) is 1. The van der Waals surface area contributed by atoms with Gasteiger partial charge in [0, 0.05) is 35.3 Å². The first-order valence-corrected chi connectivity index (χ1v) is 7.79. The van der Waals surface area contributed by atoms with Gasteiger partial charge >= 0.3 is 0 Å². The number of nitrogens with one attached hydrogen (secondary N) is 1. The third-order valence-corrected chi connectivity index (χ3v) is 4.94. The number of hydrogen-bond donors (Lipinski definition) is 1. The van der Waals surface area contributed by atoms with Crippen LogP contribution in [0.4, 0.5) is 5.69 Å². The molecule has 0 atom stereocenters. The zero-order valence-corrected chi connectivity index (χ0v) is 12.5. The zero-order chi connectivity index (χ0) is 12.5. The van der Waals surface area contributed by atoms with Crippen molar-refractivity contribution in [3.05, 3.63) is 28.2 Å². The maximum atomic E-state index is 3.75. The molecule has 2 nitrogen and oxygen atoms in total. The highest BCUT2D eigenvalue weighted by molar-refractivity contribution is 9.10. The molecule has 2 aliphatic rings. The van der Waals surface area contributed by atoms with E-state index in [4.69, 9.17) is 0 Å². The average molecular weight is 309 g/mol. The van der Waals surface area contributed by atoms with E-state index in [2.05, 4.69) is 51.3 Å². The summed E-state index contributed by atoms with van der Waals surface area (Å²) < 4.78 is 1.21. The van der Waals surface area contributed by atoms with Crippen molar-refractivity contribution in [3.8, 4) is 0 Å². The van der Waals surface area contributed by atoms with Gasteiger partial charge in [-0.3, -0.25) is 0 Å². The van der Waals surface area contributed by atoms with Crippen molar-refractivity contribution in [2.24, 2.45) is 0 Å². The zero-order valence-electron chi connectivity index (χ0n) is 11.0. The molecule has 0 amide bonds. The van der Waals surface area contributed by atoms with Crippen LogP contribution in [0.25, 0.3) is 0 Å². The highest BCUT2D eigenvalue weighted by Crippen LogP contribution is 2.27. The summed E-state index contributed by atoms with van der Waals surface area (Å²) in [5.74, 6) is 0. The van der Waals surface area contributed by atoms with Crippen LogP contribution in [0.15, 0.2) is 22.7 Å². The lowest BCUT2D eigenvalue weighted by molar-refractivity contribution is 0.413. The fraction of sp³-hybridized carbons (Fsp3) is 0.600. The molecule has 1 aromatic rings. The van der Waals surface area contributed by atoms with Crippen LogP contribution < -0.4 is 10.2 Å². The van der Waals surface area contributed by atoms with Crippen LogP contribution >= 0.6 is 15.9 Å². The Kier molecular flexibility index (Phi) is 3.62. The van der Waals surface area contributed by atoms with Crippen molar-refractivity contribution < 1.29 is 0 Å². The summed E-state index contributed by atoms with van der Waals surface area (Å²) >= 11 is 3.57. The molecule has 1 saturated heterocycles. The number of halogens is 1. The quantitative estimate of drug-likeness (QED) is 0.919. The van der Waals surface area contributed by atoms with Gasteiger partial charge in [-0.1, -0.05) is 15.9 Å². The normalized spacial score (nSPS) is 21.3. The average Bonchev–Trinajstić information content (AvgIpc) is 3.18. The number of piperidine rings is 1. The van der Waals surface area contributed by atoms with Gasteiger partial charge in [-0.15, -0.1) is 0 Å². The maximum Gasteiger partial charge on any atom is 0.0369 e. The molecule has 3 rings (SSSR count). The van der Waals surface area contributed by atoms with Crippen LogP contribution in [0.5, 0.6) is 0 Å². The van der Waals surface area contributed by atoms with Crippen LogP contribution in [0.1, 0.15) is 31.2 Å². The largest absolute Gasteiger partial charge is 0.371 e. The molecule has 18 heavy (non-hydrogen) atoms. The third-order valence-electron chi connectivity index (χ3n) is 4.05. The summed E-state index contributed by atoms with van der Waals surface area (Å²) in [6.07, 6.45) is 5.36. The standard InChI is InChI=1S/C15H21BrN2/c1-11-10-14(4-5-15(11)16)18-8-6-13(7-9-18)17-12-2-3-12/h4-5,10,12-13,17H,2-3,6-9H2,1H3. The van der Waals surface area contributed by atoms with E-state index in [0.29, 0.717) is 0 Å². The van der Waals surface area contributed by atoms with Crippen LogP contribution in [0.3, 0.4) is 0 Å². The SMILES string of the molecule is Cc1cc(N2CCC(NC3CC3)CC2)ccc1Br. The Labute approximate surface area is 118 Å². The van der Waals surface area contributed by atoms with E-state index in [1.807, 2.05) is 0 Å². The minimum absolute atomic E-state index is 0.755. The number of rotatable bonds is 3. The molecule has 0 radical (unpaired) electrons. The number of aryl methyl sites for hydroxylation is 1. The summed E-state index contributed by atoms with van der Waals surface area (Å²) in [5, 5.41) is 3.75. The van der Waals surface area contributed by atoms with E-state index in [1.165, 1.54) is 54.5 Å². The van der Waals surface area contributed by atoms with Gasteiger partial charge in [0.2, 0.25) is 0 Å². The summed E-state index contributed by atoms with van der Waals surface area (Å²) in [7, 11) is 0. The molecule has 0 aromatic heterocycles. The molecular formula is C15H21BrN2. The molecule has 1 N–H and O–H groups in total. The molecule has 1 heterocycles. The first kappa shape index (κ1) is 12.5. The predicted molar refractivity (Wildman–Crippen MR) is 80.3 cm³/mol. The molecule has 3 heteroatoms. The molecule has 2 fully saturated rings. The van der Waals surface area contributed by atoms with Crippen molar-refractivity contribution in [2.75, 3.05) is 18.0 Å². The van der Waals surface area contributed by atoms with E-state index < -0.39 is 0 Å². The van der Waals surface area contributed by atoms with Gasteiger partial charge in [-0.2, -0.15) is 0 Å². The second-order valence-corrected chi connectivity index (χ2v) is 6.49. The molecule has 1 aromatic carbocycles. The first-order valence-electron chi connectivity index (χ1n) is 6.99. The minimum Gasteiger partial charge on any atom is -0.371 e. The predicted octanol–water partition coefficient (Wildman–Crippen LogP) is 3.48. The third kappa shape index (κ3) is 2.89. The van der Waals surface area contributed by atoms with Gasteiger partial charge in [0.25, 0.3) is 0 Å². The van der Waals surface area contributed by atoms with E-state index in [9.17, 15) is 0 Å². The minimum atomic E-state index is 0.755. The molecule has 1 aliphatic heterocycles. The van der Waals surface area contributed by atoms with Gasteiger partial charge < -0.3 is 10.2 Å². The lowest BCUT2D eigenvalue weighted by atomic mass is 10.0. The van der Waals surface area contributed by atoms with Gasteiger partial charge in [0.05, 0.1) is 0 Å². The van der Waals surface area contributed by atoms with Crippen LogP contribution in [-0.4, -0.2) is 25.2 Å². The Morgan fingerprint density at radius 1 is 1.11 bits per heavy atom. The summed E-state index contributed by atoms with van der Waals surface area (Å²) in [5.41, 5.74) is 2.70. The molecular weight excluding hydrogens is 288 g/mol. The molecule has 1 saturated carbocycles. The monoisotopic (exact) mass is 308 g/mol. The van der Waals surface area contributed by atoms with Gasteiger partial charge in [-0.05, 0) is 56.4 Å². The molecule has 1 aliphatic carbocycles. The lowest BCUT2D eigenvalue weighted by Gasteiger charge is -2.34. The highest BCUT2D eigenvalue weighted by atomic mass is 79.9. The smallest absolute Gasteiger partial charge is 0.0369 e. The van der Waals surface area contributed by atoms with Gasteiger partial charge in [0.15, 0.2) is 0 Å². The van der Waals surface area contributed by atoms with Gasteiger partial charge in [-0.25, -0.2) is 0 Å². The molecule has 0 spiro atoms. The fourth-order valence-electron chi connectivity index (χ4n) is 2.71. The van der Waals surface area contributed by atoms with Gasteiger partial charge in [0.1, 0.15) is 0 Å². The number of anilines is 1. The van der Waals surface area contributed by atoms with Crippen molar-refractivity contribution in [1.82, 2.24) is 5.32 Å². The summed E-state index contributed by atoms with van der Waals surface area (Å²) in [4.78, 5) is 2.52. The van der Waals surface area contributed by atoms with Crippen LogP contribution in [0, 0.1) is 6.92 Å². The van der Waals surface area contributed by atoms with E-state index in [0.717, 1.165) is 12.1 Å².